The van der Waals surface area contributed by atoms with E-state index in [2.05, 4.69) is 10.0 Å². The minimum atomic E-state index is -3.51. The highest BCUT2D eigenvalue weighted by molar-refractivity contribution is 7.93. The van der Waals surface area contributed by atoms with Crippen LogP contribution in [0, 0.1) is 0 Å². The molecule has 1 fully saturated rings. The highest BCUT2D eigenvalue weighted by Crippen LogP contribution is 2.33. The van der Waals surface area contributed by atoms with Gasteiger partial charge in [-0.1, -0.05) is 36.4 Å². The molecule has 4 rings (SSSR count). The van der Waals surface area contributed by atoms with Crippen molar-refractivity contribution in [1.29, 1.82) is 0 Å². The van der Waals surface area contributed by atoms with Crippen LogP contribution in [-0.4, -0.2) is 26.2 Å². The second kappa shape index (κ2) is 7.75. The molecule has 150 valence electrons. The Bertz CT molecular complexity index is 1170. The molecule has 0 aliphatic heterocycles. The fourth-order valence-corrected chi connectivity index (χ4v) is 4.57. The molecular weight excluding hydrogens is 388 g/mol. The number of nitrogens with one attached hydrogen (secondary N) is 2. The predicted molar refractivity (Wildman–Crippen MR) is 115 cm³/mol. The summed E-state index contributed by atoms with van der Waals surface area (Å²) in [6.07, 6.45) is 1.29. The molecule has 0 saturated heterocycles. The van der Waals surface area contributed by atoms with Gasteiger partial charge < -0.3 is 10.1 Å². The van der Waals surface area contributed by atoms with Crippen molar-refractivity contribution in [3.8, 4) is 5.75 Å². The zero-order valence-corrected chi connectivity index (χ0v) is 16.8. The molecule has 1 aliphatic carbocycles. The summed E-state index contributed by atoms with van der Waals surface area (Å²) in [5.41, 5.74) is 1.07. The van der Waals surface area contributed by atoms with E-state index in [4.69, 9.17) is 4.74 Å². The van der Waals surface area contributed by atoms with E-state index in [1.165, 1.54) is 0 Å². The van der Waals surface area contributed by atoms with Gasteiger partial charge in [0.2, 0.25) is 10.0 Å². The van der Waals surface area contributed by atoms with Crippen molar-refractivity contribution >= 4 is 38.1 Å². The average molecular weight is 410 g/mol. The summed E-state index contributed by atoms with van der Waals surface area (Å²) in [4.78, 5) is 13.1. The Balaban J connectivity index is 1.73. The summed E-state index contributed by atoms with van der Waals surface area (Å²) < 4.78 is 33.2. The topological polar surface area (TPSA) is 84.5 Å². The number of rotatable bonds is 7. The zero-order chi connectivity index (χ0) is 20.4. The van der Waals surface area contributed by atoms with Gasteiger partial charge >= 0.3 is 0 Å². The van der Waals surface area contributed by atoms with E-state index >= 15 is 0 Å². The van der Waals surface area contributed by atoms with Crippen LogP contribution < -0.4 is 14.8 Å². The van der Waals surface area contributed by atoms with Crippen LogP contribution in [0.2, 0.25) is 0 Å². The molecular formula is C22H22N2O4S. The molecule has 2 N–H and O–H groups in total. The third-order valence-electron chi connectivity index (χ3n) is 4.78. The number of fused-ring (bicyclic) bond motifs is 1. The molecule has 6 nitrogen and oxygen atoms in total. The van der Waals surface area contributed by atoms with Gasteiger partial charge in [-0.3, -0.25) is 9.52 Å². The molecule has 29 heavy (non-hydrogen) atoms. The fraction of sp³-hybridized carbons (Fsp3) is 0.227. The van der Waals surface area contributed by atoms with Gasteiger partial charge in [-0.25, -0.2) is 8.42 Å². The molecule has 0 bridgehead atoms. The lowest BCUT2D eigenvalue weighted by atomic mass is 10.0. The van der Waals surface area contributed by atoms with Crippen LogP contribution >= 0.6 is 0 Å². The molecule has 0 atom stereocenters. The smallest absolute Gasteiger partial charge is 0.257 e. The summed E-state index contributed by atoms with van der Waals surface area (Å²) in [5.74, 6) is 0.153. The summed E-state index contributed by atoms with van der Waals surface area (Å²) in [7, 11) is -3.51. The molecule has 1 amide bonds. The molecule has 1 aliphatic rings. The third kappa shape index (κ3) is 4.19. The van der Waals surface area contributed by atoms with Crippen molar-refractivity contribution in [2.24, 2.45) is 0 Å². The lowest BCUT2D eigenvalue weighted by Gasteiger charge is -2.15. The largest absolute Gasteiger partial charge is 0.492 e. The Hall–Kier alpha value is -3.06. The summed E-state index contributed by atoms with van der Waals surface area (Å²) in [6.45, 7) is 2.34. The lowest BCUT2D eigenvalue weighted by molar-refractivity contribution is 0.102. The minimum Gasteiger partial charge on any atom is -0.492 e. The van der Waals surface area contributed by atoms with E-state index in [1.807, 2.05) is 37.3 Å². The van der Waals surface area contributed by atoms with Crippen molar-refractivity contribution in [3.63, 3.8) is 0 Å². The van der Waals surface area contributed by atoms with Crippen molar-refractivity contribution in [2.45, 2.75) is 25.0 Å². The maximum atomic E-state index is 13.1. The first-order valence-corrected chi connectivity index (χ1v) is 11.1. The molecule has 0 radical (unpaired) electrons. The number of carbonyl (C=O) groups excluding carboxylic acids is 1. The van der Waals surface area contributed by atoms with Crippen LogP contribution in [0.15, 0.2) is 60.7 Å². The molecule has 3 aromatic carbocycles. The first-order chi connectivity index (χ1) is 14.0. The summed E-state index contributed by atoms with van der Waals surface area (Å²) >= 11 is 0. The van der Waals surface area contributed by atoms with Crippen LogP contribution in [0.3, 0.4) is 0 Å². The first-order valence-electron chi connectivity index (χ1n) is 9.55. The highest BCUT2D eigenvalue weighted by Gasteiger charge is 2.36. The van der Waals surface area contributed by atoms with Gasteiger partial charge in [0.15, 0.2) is 0 Å². The van der Waals surface area contributed by atoms with Gasteiger partial charge in [-0.2, -0.15) is 0 Å². The lowest BCUT2D eigenvalue weighted by Crippen LogP contribution is -2.21. The average Bonchev–Trinajstić information content (AvgIpc) is 3.55. The SMILES string of the molecule is CCOc1ccccc1NC(=O)c1cc2ccccc2cc1NS(=O)(=O)C1CC1. The number of hydrogen-bond acceptors (Lipinski definition) is 4. The Labute approximate surface area is 169 Å². The molecule has 7 heteroatoms. The van der Waals surface area contributed by atoms with Crippen LogP contribution in [0.25, 0.3) is 10.8 Å². The van der Waals surface area contributed by atoms with E-state index in [0.29, 0.717) is 30.9 Å². The monoisotopic (exact) mass is 410 g/mol. The molecule has 0 heterocycles. The second-order valence-corrected chi connectivity index (χ2v) is 8.94. The van der Waals surface area contributed by atoms with E-state index in [-0.39, 0.29) is 16.5 Å². The number of carbonyl (C=O) groups is 1. The quantitative estimate of drug-likeness (QED) is 0.605. The Morgan fingerprint density at radius 3 is 2.34 bits per heavy atom. The number of sulfonamides is 1. The van der Waals surface area contributed by atoms with Crippen molar-refractivity contribution < 1.29 is 17.9 Å². The number of para-hydroxylation sites is 2. The van der Waals surface area contributed by atoms with E-state index in [1.54, 1.807) is 30.3 Å². The van der Waals surface area contributed by atoms with Crippen LogP contribution in [-0.2, 0) is 10.0 Å². The van der Waals surface area contributed by atoms with E-state index in [0.717, 1.165) is 10.8 Å². The zero-order valence-electron chi connectivity index (χ0n) is 16.0. The van der Waals surface area contributed by atoms with Gasteiger partial charge in [0.1, 0.15) is 5.75 Å². The maximum absolute atomic E-state index is 13.1. The first kappa shape index (κ1) is 19.3. The van der Waals surface area contributed by atoms with Gasteiger partial charge in [-0.05, 0) is 54.8 Å². The van der Waals surface area contributed by atoms with Crippen molar-refractivity contribution in [2.75, 3.05) is 16.6 Å². The van der Waals surface area contributed by atoms with Crippen LogP contribution in [0.4, 0.5) is 11.4 Å². The molecule has 1 saturated carbocycles. The van der Waals surface area contributed by atoms with Crippen LogP contribution in [0.1, 0.15) is 30.1 Å². The van der Waals surface area contributed by atoms with E-state index in [9.17, 15) is 13.2 Å². The molecule has 0 aromatic heterocycles. The molecule has 3 aromatic rings. The highest BCUT2D eigenvalue weighted by atomic mass is 32.2. The number of ether oxygens (including phenoxy) is 1. The van der Waals surface area contributed by atoms with Crippen LogP contribution in [0.5, 0.6) is 5.75 Å². The minimum absolute atomic E-state index is 0.263. The number of hydrogen-bond donors (Lipinski definition) is 2. The molecule has 0 spiro atoms. The maximum Gasteiger partial charge on any atom is 0.257 e. The summed E-state index contributed by atoms with van der Waals surface area (Å²) in [5, 5.41) is 4.17. The van der Waals surface area contributed by atoms with Gasteiger partial charge in [0, 0.05) is 0 Å². The number of anilines is 2. The summed E-state index contributed by atoms with van der Waals surface area (Å²) in [6, 6.07) is 18.1. The third-order valence-corrected chi connectivity index (χ3v) is 6.63. The molecule has 0 unspecified atom stereocenters. The van der Waals surface area contributed by atoms with Gasteiger partial charge in [0.25, 0.3) is 5.91 Å². The number of benzene rings is 3. The fourth-order valence-electron chi connectivity index (χ4n) is 3.17. The number of amides is 1. The van der Waals surface area contributed by atoms with Gasteiger partial charge in [-0.15, -0.1) is 0 Å². The Morgan fingerprint density at radius 2 is 1.66 bits per heavy atom. The normalized spacial score (nSPS) is 13.8. The van der Waals surface area contributed by atoms with Gasteiger partial charge in [0.05, 0.1) is 28.8 Å². The van der Waals surface area contributed by atoms with Crippen molar-refractivity contribution in [1.82, 2.24) is 0 Å². The predicted octanol–water partition coefficient (Wildman–Crippen LogP) is 4.39. The Kier molecular flexibility index (Phi) is 5.15. The van der Waals surface area contributed by atoms with E-state index < -0.39 is 15.9 Å². The standard InChI is InChI=1S/C22H22N2O4S/c1-2-28-21-10-6-5-9-19(21)23-22(25)18-13-15-7-3-4-8-16(15)14-20(18)24-29(26,27)17-11-12-17/h3-10,13-14,17,24H,2,11-12H2,1H3,(H,23,25). The Morgan fingerprint density at radius 1 is 1.00 bits per heavy atom. The van der Waals surface area contributed by atoms with Crippen molar-refractivity contribution in [3.05, 3.63) is 66.2 Å². The second-order valence-electron chi connectivity index (χ2n) is 6.97.